The van der Waals surface area contributed by atoms with Gasteiger partial charge in [-0.3, -0.25) is 4.85 Å². The van der Waals surface area contributed by atoms with E-state index < -0.39 is 9.84 Å². The highest BCUT2D eigenvalue weighted by atomic mass is 32.2. The topological polar surface area (TPSA) is 38.5 Å². The Balaban J connectivity index is 3.24. The molecule has 0 aliphatic rings. The Bertz CT molecular complexity index is 317. The molecule has 0 aromatic heterocycles. The number of rotatable bonds is 12. The predicted octanol–water partition coefficient (Wildman–Crippen LogP) is 4.20. The number of unbranched alkanes of at least 4 members (excludes halogenated alkanes) is 9. The van der Waals surface area contributed by atoms with Crippen LogP contribution in [-0.4, -0.2) is 20.0 Å². The molecule has 0 saturated carbocycles. The van der Waals surface area contributed by atoms with Gasteiger partial charge in [0.1, 0.15) is 0 Å². The zero-order chi connectivity index (χ0) is 13.7. The fraction of sp³-hybridized carbons (Fsp3) is 0.929. The molecule has 0 atom stereocenters. The van der Waals surface area contributed by atoms with Crippen molar-refractivity contribution in [3.8, 4) is 0 Å². The second-order valence-electron chi connectivity index (χ2n) is 4.92. The first-order valence-electron chi connectivity index (χ1n) is 7.16. The third-order valence-corrected chi connectivity index (χ3v) is 4.50. The molecule has 106 valence electrons. The maximum Gasteiger partial charge on any atom is 0.312 e. The van der Waals surface area contributed by atoms with Gasteiger partial charge in [0.25, 0.3) is 0 Å². The van der Waals surface area contributed by atoms with Crippen LogP contribution in [0, 0.1) is 6.57 Å². The largest absolute Gasteiger partial charge is 0.312 e. The van der Waals surface area contributed by atoms with Crippen molar-refractivity contribution in [1.29, 1.82) is 0 Å². The van der Waals surface area contributed by atoms with Crippen LogP contribution in [-0.2, 0) is 9.84 Å². The second kappa shape index (κ2) is 11.5. The highest BCUT2D eigenvalue weighted by molar-refractivity contribution is 7.91. The molecule has 0 rings (SSSR count). The average Bonchev–Trinajstić information content (AvgIpc) is 2.31. The molecule has 0 radical (unpaired) electrons. The van der Waals surface area contributed by atoms with Crippen LogP contribution in [0.1, 0.15) is 71.1 Å². The molecule has 0 spiro atoms. The normalized spacial score (nSPS) is 11.3. The smallest absolute Gasteiger partial charge is 0.300 e. The number of hydrogen-bond donors (Lipinski definition) is 0. The molecular weight excluding hydrogens is 246 g/mol. The maximum absolute atomic E-state index is 11.3. The van der Waals surface area contributed by atoms with Crippen molar-refractivity contribution in [1.82, 2.24) is 0 Å². The Morgan fingerprint density at radius 3 is 1.72 bits per heavy atom. The van der Waals surface area contributed by atoms with E-state index in [-0.39, 0.29) is 11.6 Å². The molecule has 3 nitrogen and oxygen atoms in total. The van der Waals surface area contributed by atoms with Crippen LogP contribution in [0.4, 0.5) is 0 Å². The summed E-state index contributed by atoms with van der Waals surface area (Å²) >= 11 is 0. The molecule has 0 saturated heterocycles. The third-order valence-electron chi connectivity index (χ3n) is 3.07. The summed E-state index contributed by atoms with van der Waals surface area (Å²) in [5, 5.41) is 0. The zero-order valence-corrected chi connectivity index (χ0v) is 12.5. The average molecular weight is 273 g/mol. The maximum atomic E-state index is 11.3. The van der Waals surface area contributed by atoms with E-state index in [1.165, 1.54) is 44.9 Å². The van der Waals surface area contributed by atoms with Gasteiger partial charge in [-0.1, -0.05) is 64.7 Å². The Morgan fingerprint density at radius 2 is 1.28 bits per heavy atom. The summed E-state index contributed by atoms with van der Waals surface area (Å²) in [5.41, 5.74) is 0. The van der Waals surface area contributed by atoms with Gasteiger partial charge < -0.3 is 0 Å². The first-order valence-corrected chi connectivity index (χ1v) is 8.98. The molecule has 0 aromatic carbocycles. The van der Waals surface area contributed by atoms with E-state index in [9.17, 15) is 8.42 Å². The van der Waals surface area contributed by atoms with Crippen LogP contribution in [0.2, 0.25) is 0 Å². The van der Waals surface area contributed by atoms with Crippen molar-refractivity contribution in [3.05, 3.63) is 11.4 Å². The van der Waals surface area contributed by atoms with Crippen LogP contribution in [0.25, 0.3) is 4.85 Å². The summed E-state index contributed by atoms with van der Waals surface area (Å²) in [4.78, 5) is 2.93. The van der Waals surface area contributed by atoms with E-state index in [1.54, 1.807) is 0 Å². The fourth-order valence-electron chi connectivity index (χ4n) is 1.97. The lowest BCUT2D eigenvalue weighted by atomic mass is 10.1. The Morgan fingerprint density at radius 1 is 0.833 bits per heavy atom. The fourth-order valence-corrected chi connectivity index (χ4v) is 2.94. The molecule has 0 heterocycles. The van der Waals surface area contributed by atoms with E-state index in [0.29, 0.717) is 6.42 Å². The molecule has 0 bridgehead atoms. The lowest BCUT2D eigenvalue weighted by molar-refractivity contribution is 0.558. The van der Waals surface area contributed by atoms with Gasteiger partial charge in [0.15, 0.2) is 0 Å². The van der Waals surface area contributed by atoms with Crippen LogP contribution in [0.3, 0.4) is 0 Å². The van der Waals surface area contributed by atoms with Gasteiger partial charge in [-0.2, -0.15) is 0 Å². The van der Waals surface area contributed by atoms with Gasteiger partial charge in [-0.05, 0) is 6.42 Å². The van der Waals surface area contributed by atoms with Crippen molar-refractivity contribution in [2.75, 3.05) is 11.6 Å². The minimum atomic E-state index is -3.09. The standard InChI is InChI=1S/C14H27NO2S/c1-3-4-5-6-7-8-9-10-11-12-13-18(16,17)14-15-2/h3-14H2,1H3. The highest BCUT2D eigenvalue weighted by Gasteiger charge is 2.12. The molecule has 0 unspecified atom stereocenters. The van der Waals surface area contributed by atoms with Crippen molar-refractivity contribution in [2.24, 2.45) is 0 Å². The molecule has 0 aliphatic heterocycles. The lowest BCUT2D eigenvalue weighted by Gasteiger charge is -2.01. The summed E-state index contributed by atoms with van der Waals surface area (Å²) in [6.07, 6.45) is 12.0. The SMILES string of the molecule is [C-]#[N+]CS(=O)(=O)CCCCCCCCCCCC. The lowest BCUT2D eigenvalue weighted by Crippen LogP contribution is -2.08. The predicted molar refractivity (Wildman–Crippen MR) is 77.1 cm³/mol. The van der Waals surface area contributed by atoms with Crippen molar-refractivity contribution in [3.63, 3.8) is 0 Å². The zero-order valence-electron chi connectivity index (χ0n) is 11.7. The van der Waals surface area contributed by atoms with Crippen LogP contribution in [0.5, 0.6) is 0 Å². The first-order chi connectivity index (χ1) is 8.62. The molecular formula is C14H27NO2S. The molecule has 0 aromatic rings. The van der Waals surface area contributed by atoms with Gasteiger partial charge in [0, 0.05) is 0 Å². The van der Waals surface area contributed by atoms with Gasteiger partial charge in [0.05, 0.1) is 5.75 Å². The van der Waals surface area contributed by atoms with Gasteiger partial charge in [-0.15, -0.1) is 0 Å². The van der Waals surface area contributed by atoms with E-state index in [4.69, 9.17) is 6.57 Å². The number of nitrogens with zero attached hydrogens (tertiary/aromatic N) is 1. The first kappa shape index (κ1) is 17.4. The summed E-state index contributed by atoms with van der Waals surface area (Å²) in [6, 6.07) is 0. The summed E-state index contributed by atoms with van der Waals surface area (Å²) in [5.74, 6) is -0.156. The summed E-state index contributed by atoms with van der Waals surface area (Å²) in [7, 11) is -3.09. The Hall–Kier alpha value is -0.560. The molecule has 0 amide bonds. The minimum Gasteiger partial charge on any atom is -0.300 e. The van der Waals surface area contributed by atoms with E-state index in [0.717, 1.165) is 12.8 Å². The summed E-state index contributed by atoms with van der Waals surface area (Å²) in [6.45, 7) is 8.77. The van der Waals surface area contributed by atoms with E-state index >= 15 is 0 Å². The van der Waals surface area contributed by atoms with Crippen molar-refractivity contribution >= 4 is 9.84 Å². The van der Waals surface area contributed by atoms with Crippen LogP contribution < -0.4 is 0 Å². The molecule has 18 heavy (non-hydrogen) atoms. The minimum absolute atomic E-state index is 0.186. The number of hydrogen-bond acceptors (Lipinski definition) is 2. The summed E-state index contributed by atoms with van der Waals surface area (Å²) < 4.78 is 22.5. The number of sulfone groups is 1. The van der Waals surface area contributed by atoms with Crippen LogP contribution in [0.15, 0.2) is 0 Å². The second-order valence-corrected chi connectivity index (χ2v) is 7.07. The monoisotopic (exact) mass is 273 g/mol. The molecule has 0 aliphatic carbocycles. The van der Waals surface area contributed by atoms with Gasteiger partial charge in [0.2, 0.25) is 9.84 Å². The molecule has 4 heteroatoms. The van der Waals surface area contributed by atoms with E-state index in [1.807, 2.05) is 0 Å². The van der Waals surface area contributed by atoms with Crippen molar-refractivity contribution < 1.29 is 8.42 Å². The quantitative estimate of drug-likeness (QED) is 0.395. The molecule has 0 fully saturated rings. The van der Waals surface area contributed by atoms with Gasteiger partial charge in [-0.25, -0.2) is 15.0 Å². The molecule has 0 N–H and O–H groups in total. The Kier molecular flexibility index (Phi) is 11.2. The Labute approximate surface area is 113 Å². The van der Waals surface area contributed by atoms with Crippen molar-refractivity contribution in [2.45, 2.75) is 71.1 Å². The van der Waals surface area contributed by atoms with Gasteiger partial charge >= 0.3 is 5.88 Å². The highest BCUT2D eigenvalue weighted by Crippen LogP contribution is 2.11. The third kappa shape index (κ3) is 11.9. The van der Waals surface area contributed by atoms with E-state index in [2.05, 4.69) is 11.8 Å². The van der Waals surface area contributed by atoms with Crippen LogP contribution >= 0.6 is 0 Å².